The van der Waals surface area contributed by atoms with Crippen molar-refractivity contribution in [1.29, 1.82) is 0 Å². The number of hydrogen-bond donors (Lipinski definition) is 2. The van der Waals surface area contributed by atoms with Gasteiger partial charge in [-0.25, -0.2) is 9.59 Å². The van der Waals surface area contributed by atoms with Crippen molar-refractivity contribution in [2.24, 2.45) is 0 Å². The highest BCUT2D eigenvalue weighted by atomic mass is 16.7. The van der Waals surface area contributed by atoms with Gasteiger partial charge in [-0.1, -0.05) is 6.07 Å². The predicted octanol–water partition coefficient (Wildman–Crippen LogP) is 1.08. The van der Waals surface area contributed by atoms with Crippen LogP contribution in [0.1, 0.15) is 24.8 Å². The zero-order valence-electron chi connectivity index (χ0n) is 11.4. The van der Waals surface area contributed by atoms with E-state index < -0.39 is 23.8 Å². The number of hydrogen-bond acceptors (Lipinski definition) is 5. The second-order valence-corrected chi connectivity index (χ2v) is 4.89. The Morgan fingerprint density at radius 1 is 1.38 bits per heavy atom. The topological polar surface area (TPSA) is 106 Å². The molecular formula is C14H17NO6. The summed E-state index contributed by atoms with van der Waals surface area (Å²) in [5.41, 5.74) is -1.90. The summed E-state index contributed by atoms with van der Waals surface area (Å²) < 4.78 is 10.7. The molecule has 1 aromatic rings. The average molecular weight is 295 g/mol. The minimum Gasteiger partial charge on any atom is -0.479 e. The first-order valence-electron chi connectivity index (χ1n) is 6.70. The number of aliphatic carboxylic acids is 2. The monoisotopic (exact) mass is 295 g/mol. The van der Waals surface area contributed by atoms with Crippen LogP contribution in [0, 0.1) is 0 Å². The van der Waals surface area contributed by atoms with E-state index in [9.17, 15) is 19.8 Å². The molecule has 1 atom stereocenters. The Kier molecular flexibility index (Phi) is 4.87. The molecule has 0 amide bonds. The highest BCUT2D eigenvalue weighted by molar-refractivity contribution is 6.02. The summed E-state index contributed by atoms with van der Waals surface area (Å²) in [5.74, 6) is -3.10. The number of carboxylic acids is 2. The van der Waals surface area contributed by atoms with Crippen LogP contribution >= 0.6 is 0 Å². The van der Waals surface area contributed by atoms with Crippen molar-refractivity contribution in [3.05, 3.63) is 30.1 Å². The van der Waals surface area contributed by atoms with Gasteiger partial charge in [0.15, 0.2) is 6.29 Å². The van der Waals surface area contributed by atoms with Gasteiger partial charge in [-0.05, 0) is 30.9 Å². The first-order chi connectivity index (χ1) is 10.0. The molecule has 0 radical (unpaired) electrons. The Balaban J connectivity index is 2.24. The molecule has 0 aliphatic carbocycles. The zero-order valence-corrected chi connectivity index (χ0v) is 11.4. The van der Waals surface area contributed by atoms with Crippen LogP contribution in [-0.2, 0) is 25.5 Å². The van der Waals surface area contributed by atoms with E-state index in [-0.39, 0.29) is 6.42 Å². The van der Waals surface area contributed by atoms with Gasteiger partial charge in [-0.2, -0.15) is 0 Å². The van der Waals surface area contributed by atoms with Gasteiger partial charge in [0.05, 0.1) is 0 Å². The zero-order chi connectivity index (χ0) is 15.3. The third kappa shape index (κ3) is 3.56. The number of carbonyl (C=O) groups is 2. The Labute approximate surface area is 121 Å². The molecule has 1 fully saturated rings. The summed E-state index contributed by atoms with van der Waals surface area (Å²) in [6.45, 7) is 0.437. The highest BCUT2D eigenvalue weighted by Gasteiger charge is 2.50. The molecule has 7 nitrogen and oxygen atoms in total. The maximum absolute atomic E-state index is 11.6. The van der Waals surface area contributed by atoms with Crippen molar-refractivity contribution in [2.45, 2.75) is 37.6 Å². The van der Waals surface area contributed by atoms with Crippen LogP contribution in [0.2, 0.25) is 0 Å². The van der Waals surface area contributed by atoms with Crippen LogP contribution in [0.25, 0.3) is 0 Å². The van der Waals surface area contributed by atoms with E-state index in [1.54, 1.807) is 12.1 Å². The molecule has 0 saturated carbocycles. The molecule has 1 aromatic heterocycles. The number of nitrogens with zero attached hydrogens (tertiary/aromatic N) is 1. The second kappa shape index (κ2) is 6.64. The van der Waals surface area contributed by atoms with Gasteiger partial charge in [0.2, 0.25) is 0 Å². The van der Waals surface area contributed by atoms with Crippen LogP contribution in [0.4, 0.5) is 0 Å². The maximum atomic E-state index is 11.6. The SMILES string of the molecule is O=C(O)C(Cc1cccnc1)(OC1CCCCO1)C(=O)O. The molecule has 21 heavy (non-hydrogen) atoms. The lowest BCUT2D eigenvalue weighted by molar-refractivity contribution is -0.236. The first kappa shape index (κ1) is 15.4. The van der Waals surface area contributed by atoms with Gasteiger partial charge in [0, 0.05) is 25.4 Å². The lowest BCUT2D eigenvalue weighted by Crippen LogP contribution is -2.53. The number of ether oxygens (including phenoxy) is 2. The van der Waals surface area contributed by atoms with E-state index in [1.165, 1.54) is 12.4 Å². The van der Waals surface area contributed by atoms with E-state index in [2.05, 4.69) is 4.98 Å². The fourth-order valence-electron chi connectivity index (χ4n) is 2.20. The minimum atomic E-state index is -2.37. The lowest BCUT2D eigenvalue weighted by Gasteiger charge is -2.32. The molecule has 114 valence electrons. The summed E-state index contributed by atoms with van der Waals surface area (Å²) in [4.78, 5) is 27.0. The molecule has 1 aliphatic rings. The minimum absolute atomic E-state index is 0.314. The highest BCUT2D eigenvalue weighted by Crippen LogP contribution is 2.25. The molecule has 1 unspecified atom stereocenters. The fourth-order valence-corrected chi connectivity index (χ4v) is 2.20. The maximum Gasteiger partial charge on any atom is 0.348 e. The third-order valence-corrected chi connectivity index (χ3v) is 3.34. The van der Waals surface area contributed by atoms with E-state index in [4.69, 9.17) is 9.47 Å². The number of aromatic nitrogens is 1. The van der Waals surface area contributed by atoms with Crippen LogP contribution in [0.15, 0.2) is 24.5 Å². The summed E-state index contributed by atoms with van der Waals surface area (Å²) in [5, 5.41) is 18.8. The van der Waals surface area contributed by atoms with Crippen molar-refractivity contribution in [1.82, 2.24) is 4.98 Å². The van der Waals surface area contributed by atoms with Crippen LogP contribution in [0.3, 0.4) is 0 Å². The van der Waals surface area contributed by atoms with Crippen LogP contribution in [-0.4, -0.2) is 45.6 Å². The number of rotatable bonds is 6. The Morgan fingerprint density at radius 3 is 2.67 bits per heavy atom. The molecule has 2 N–H and O–H groups in total. The third-order valence-electron chi connectivity index (χ3n) is 3.34. The molecule has 1 saturated heterocycles. The quantitative estimate of drug-likeness (QED) is 0.756. The Hall–Kier alpha value is -1.99. The van der Waals surface area contributed by atoms with Gasteiger partial charge in [-0.3, -0.25) is 4.98 Å². The van der Waals surface area contributed by atoms with Crippen molar-refractivity contribution >= 4 is 11.9 Å². The van der Waals surface area contributed by atoms with Gasteiger partial charge in [0.25, 0.3) is 5.60 Å². The Morgan fingerprint density at radius 2 is 2.14 bits per heavy atom. The van der Waals surface area contributed by atoms with E-state index in [1.807, 2.05) is 0 Å². The van der Waals surface area contributed by atoms with Crippen molar-refractivity contribution in [3.63, 3.8) is 0 Å². The first-order valence-corrected chi connectivity index (χ1v) is 6.70. The molecular weight excluding hydrogens is 278 g/mol. The van der Waals surface area contributed by atoms with Crippen LogP contribution in [0.5, 0.6) is 0 Å². The smallest absolute Gasteiger partial charge is 0.348 e. The van der Waals surface area contributed by atoms with Gasteiger partial charge in [0.1, 0.15) is 0 Å². The van der Waals surface area contributed by atoms with E-state index in [0.29, 0.717) is 18.6 Å². The summed E-state index contributed by atoms with van der Waals surface area (Å²) in [6.07, 6.45) is 3.97. The molecule has 2 rings (SSSR count). The van der Waals surface area contributed by atoms with Gasteiger partial charge < -0.3 is 19.7 Å². The molecule has 7 heteroatoms. The molecule has 0 bridgehead atoms. The van der Waals surface area contributed by atoms with Crippen molar-refractivity contribution < 1.29 is 29.3 Å². The second-order valence-electron chi connectivity index (χ2n) is 4.89. The fraction of sp³-hybridized carbons (Fsp3) is 0.500. The summed E-state index contributed by atoms with van der Waals surface area (Å²) in [6, 6.07) is 3.22. The van der Waals surface area contributed by atoms with E-state index >= 15 is 0 Å². The molecule has 1 aliphatic heterocycles. The molecule has 0 spiro atoms. The number of carboxylic acid groups (broad SMARTS) is 2. The lowest BCUT2D eigenvalue weighted by atomic mass is 9.95. The largest absolute Gasteiger partial charge is 0.479 e. The standard InChI is InChI=1S/C14H17NO6/c16-12(17)14(13(18)19,8-10-4-3-6-15-9-10)21-11-5-1-2-7-20-11/h3-4,6,9,11H,1-2,5,7-8H2,(H,16,17)(H,18,19). The summed E-state index contributed by atoms with van der Waals surface area (Å²) in [7, 11) is 0. The van der Waals surface area contributed by atoms with Crippen LogP contribution < -0.4 is 0 Å². The van der Waals surface area contributed by atoms with Gasteiger partial charge >= 0.3 is 11.9 Å². The molecule has 0 aromatic carbocycles. The van der Waals surface area contributed by atoms with Crippen molar-refractivity contribution in [2.75, 3.05) is 6.61 Å². The number of pyridine rings is 1. The Bertz CT molecular complexity index is 483. The predicted molar refractivity (Wildman–Crippen MR) is 70.6 cm³/mol. The van der Waals surface area contributed by atoms with Crippen molar-refractivity contribution in [3.8, 4) is 0 Å². The average Bonchev–Trinajstić information content (AvgIpc) is 2.48. The van der Waals surface area contributed by atoms with Gasteiger partial charge in [-0.15, -0.1) is 0 Å². The summed E-state index contributed by atoms with van der Waals surface area (Å²) >= 11 is 0. The molecule has 2 heterocycles. The normalized spacial score (nSPS) is 19.1. The van der Waals surface area contributed by atoms with E-state index in [0.717, 1.165) is 12.8 Å².